The quantitative estimate of drug-likeness (QED) is 0.687. The molecule has 112 valence electrons. The van der Waals surface area contributed by atoms with Gasteiger partial charge in [-0.3, -0.25) is 4.79 Å². The minimum Gasteiger partial charge on any atom is -0.383 e. The van der Waals surface area contributed by atoms with E-state index in [1.165, 1.54) is 10.6 Å². The molecule has 0 aromatic rings. The van der Waals surface area contributed by atoms with E-state index in [0.717, 1.165) is 32.1 Å². The maximum atomic E-state index is 11.8. The fraction of sp³-hybridized carbons (Fsp3) is 0.917. The number of rotatable bonds is 7. The lowest BCUT2D eigenvalue weighted by Crippen LogP contribution is -2.47. The van der Waals surface area contributed by atoms with Gasteiger partial charge in [0.25, 0.3) is 0 Å². The largest absolute Gasteiger partial charge is 0.383 e. The number of nitrogens with one attached hydrogen (secondary N) is 1. The summed E-state index contributed by atoms with van der Waals surface area (Å²) in [6.07, 6.45) is 6.07. The van der Waals surface area contributed by atoms with E-state index in [9.17, 15) is 13.2 Å². The van der Waals surface area contributed by atoms with Gasteiger partial charge in [-0.1, -0.05) is 19.3 Å². The zero-order valence-corrected chi connectivity index (χ0v) is 12.5. The van der Waals surface area contributed by atoms with Gasteiger partial charge in [-0.05, 0) is 12.8 Å². The Morgan fingerprint density at radius 2 is 1.95 bits per heavy atom. The van der Waals surface area contributed by atoms with Crippen LogP contribution in [0.25, 0.3) is 0 Å². The number of ether oxygens (including phenoxy) is 1. The van der Waals surface area contributed by atoms with E-state index in [2.05, 4.69) is 5.32 Å². The van der Waals surface area contributed by atoms with Crippen molar-refractivity contribution in [3.8, 4) is 0 Å². The predicted molar refractivity (Wildman–Crippen MR) is 73.3 cm³/mol. The van der Waals surface area contributed by atoms with Crippen molar-refractivity contribution in [1.29, 1.82) is 0 Å². The Labute approximate surface area is 115 Å². The van der Waals surface area contributed by atoms with Crippen LogP contribution in [0.2, 0.25) is 0 Å². The highest BCUT2D eigenvalue weighted by Gasteiger charge is 2.29. The van der Waals surface area contributed by atoms with Crippen LogP contribution in [-0.4, -0.2) is 57.7 Å². The fourth-order valence-corrected chi connectivity index (χ4v) is 3.48. The number of hydrogen-bond donors (Lipinski definition) is 1. The molecule has 7 heteroatoms. The lowest BCUT2D eigenvalue weighted by molar-refractivity contribution is -0.121. The number of sulfonamides is 1. The summed E-state index contributed by atoms with van der Waals surface area (Å²) in [4.78, 5) is 11.7. The van der Waals surface area contributed by atoms with Gasteiger partial charge in [-0.2, -0.15) is 4.31 Å². The SMILES string of the molecule is COCCNC(=O)CN(C1CCCCC1)S(C)(=O)=O. The van der Waals surface area contributed by atoms with Gasteiger partial charge in [0.1, 0.15) is 0 Å². The van der Waals surface area contributed by atoms with Gasteiger partial charge in [0.2, 0.25) is 15.9 Å². The van der Waals surface area contributed by atoms with Crippen LogP contribution in [0, 0.1) is 0 Å². The third-order valence-electron chi connectivity index (χ3n) is 3.34. The summed E-state index contributed by atoms with van der Waals surface area (Å²) in [5.74, 6) is -0.270. The topological polar surface area (TPSA) is 75.7 Å². The zero-order chi connectivity index (χ0) is 14.3. The third kappa shape index (κ3) is 5.88. The zero-order valence-electron chi connectivity index (χ0n) is 11.7. The molecule has 1 N–H and O–H groups in total. The number of nitrogens with zero attached hydrogens (tertiary/aromatic N) is 1. The fourth-order valence-electron chi connectivity index (χ4n) is 2.38. The molecule has 1 saturated carbocycles. The molecule has 0 saturated heterocycles. The molecule has 0 unspecified atom stereocenters. The minimum atomic E-state index is -3.35. The summed E-state index contributed by atoms with van der Waals surface area (Å²) in [7, 11) is -1.80. The molecule has 0 bridgehead atoms. The van der Waals surface area contributed by atoms with E-state index < -0.39 is 10.0 Å². The summed E-state index contributed by atoms with van der Waals surface area (Å²) in [5.41, 5.74) is 0. The number of hydrogen-bond acceptors (Lipinski definition) is 4. The molecule has 1 fully saturated rings. The molecule has 0 heterocycles. The number of amides is 1. The maximum Gasteiger partial charge on any atom is 0.235 e. The predicted octanol–water partition coefficient (Wildman–Crippen LogP) is 0.343. The number of carbonyl (C=O) groups excluding carboxylic acids is 1. The average Bonchev–Trinajstić information content (AvgIpc) is 2.36. The Hall–Kier alpha value is -0.660. The van der Waals surface area contributed by atoms with E-state index in [-0.39, 0.29) is 18.5 Å². The number of methoxy groups -OCH3 is 1. The highest BCUT2D eigenvalue weighted by molar-refractivity contribution is 7.88. The van der Waals surface area contributed by atoms with E-state index in [4.69, 9.17) is 4.74 Å². The van der Waals surface area contributed by atoms with Crippen LogP contribution < -0.4 is 5.32 Å². The second-order valence-corrected chi connectivity index (χ2v) is 6.88. The lowest BCUT2D eigenvalue weighted by atomic mass is 9.95. The Morgan fingerprint density at radius 1 is 1.32 bits per heavy atom. The van der Waals surface area contributed by atoms with Gasteiger partial charge in [0.15, 0.2) is 0 Å². The van der Waals surface area contributed by atoms with Crippen LogP contribution in [0.4, 0.5) is 0 Å². The van der Waals surface area contributed by atoms with Gasteiger partial charge < -0.3 is 10.1 Å². The molecule has 1 aliphatic carbocycles. The standard InChI is InChI=1S/C12H24N2O4S/c1-18-9-8-13-12(15)10-14(19(2,16)17)11-6-4-3-5-7-11/h11H,3-10H2,1-2H3,(H,13,15). The molecule has 1 amide bonds. The third-order valence-corrected chi connectivity index (χ3v) is 4.61. The van der Waals surface area contributed by atoms with E-state index in [1.807, 2.05) is 0 Å². The molecule has 0 aliphatic heterocycles. The van der Waals surface area contributed by atoms with Gasteiger partial charge in [0.05, 0.1) is 19.4 Å². The first-order valence-corrected chi connectivity index (χ1v) is 8.52. The summed E-state index contributed by atoms with van der Waals surface area (Å²) in [6, 6.07) is -0.0306. The Morgan fingerprint density at radius 3 is 2.47 bits per heavy atom. The second kappa shape index (κ2) is 7.81. The summed E-state index contributed by atoms with van der Waals surface area (Å²) >= 11 is 0. The van der Waals surface area contributed by atoms with Crippen molar-refractivity contribution in [2.24, 2.45) is 0 Å². The van der Waals surface area contributed by atoms with Gasteiger partial charge >= 0.3 is 0 Å². The molecule has 0 aromatic heterocycles. The maximum absolute atomic E-state index is 11.8. The van der Waals surface area contributed by atoms with Gasteiger partial charge in [0, 0.05) is 19.7 Å². The van der Waals surface area contributed by atoms with Crippen LogP contribution in [0.3, 0.4) is 0 Å². The molecule has 0 aromatic carbocycles. The first-order valence-electron chi connectivity index (χ1n) is 6.67. The number of carbonyl (C=O) groups is 1. The van der Waals surface area contributed by atoms with Crippen molar-refractivity contribution in [1.82, 2.24) is 9.62 Å². The summed E-state index contributed by atoms with van der Waals surface area (Å²) in [5, 5.41) is 2.66. The molecule has 0 spiro atoms. The van der Waals surface area contributed by atoms with Crippen LogP contribution in [0.5, 0.6) is 0 Å². The summed E-state index contributed by atoms with van der Waals surface area (Å²) in [6.45, 7) is 0.735. The van der Waals surface area contributed by atoms with Crippen LogP contribution in [0.1, 0.15) is 32.1 Å². The Kier molecular flexibility index (Phi) is 6.74. The van der Waals surface area contributed by atoms with Crippen molar-refractivity contribution in [3.05, 3.63) is 0 Å². The van der Waals surface area contributed by atoms with Crippen LogP contribution in [-0.2, 0) is 19.6 Å². The molecular formula is C12H24N2O4S. The highest BCUT2D eigenvalue weighted by atomic mass is 32.2. The average molecular weight is 292 g/mol. The van der Waals surface area contributed by atoms with Crippen molar-refractivity contribution >= 4 is 15.9 Å². The monoisotopic (exact) mass is 292 g/mol. The van der Waals surface area contributed by atoms with Crippen LogP contribution in [0.15, 0.2) is 0 Å². The smallest absolute Gasteiger partial charge is 0.235 e. The highest BCUT2D eigenvalue weighted by Crippen LogP contribution is 2.24. The van der Waals surface area contributed by atoms with Crippen LogP contribution >= 0.6 is 0 Å². The van der Waals surface area contributed by atoms with Crippen molar-refractivity contribution < 1.29 is 17.9 Å². The molecule has 1 aliphatic rings. The summed E-state index contributed by atoms with van der Waals surface area (Å²) < 4.78 is 29.8. The second-order valence-electron chi connectivity index (χ2n) is 4.94. The van der Waals surface area contributed by atoms with Crippen molar-refractivity contribution in [2.75, 3.05) is 33.1 Å². The minimum absolute atomic E-state index is 0.0306. The van der Waals surface area contributed by atoms with Crippen molar-refractivity contribution in [2.45, 2.75) is 38.1 Å². The first-order chi connectivity index (χ1) is 8.95. The van der Waals surface area contributed by atoms with E-state index >= 15 is 0 Å². The normalized spacial score (nSPS) is 17.6. The molecule has 0 radical (unpaired) electrons. The first kappa shape index (κ1) is 16.4. The van der Waals surface area contributed by atoms with Gasteiger partial charge in [-0.15, -0.1) is 0 Å². The molecular weight excluding hydrogens is 268 g/mol. The van der Waals surface area contributed by atoms with E-state index in [0.29, 0.717) is 13.2 Å². The van der Waals surface area contributed by atoms with Gasteiger partial charge in [-0.25, -0.2) is 8.42 Å². The molecule has 19 heavy (non-hydrogen) atoms. The lowest BCUT2D eigenvalue weighted by Gasteiger charge is -2.31. The van der Waals surface area contributed by atoms with Crippen molar-refractivity contribution in [3.63, 3.8) is 0 Å². The molecule has 1 rings (SSSR count). The molecule has 6 nitrogen and oxygen atoms in total. The van der Waals surface area contributed by atoms with E-state index in [1.54, 1.807) is 7.11 Å². The Bertz CT molecular complexity index is 377. The Balaban J connectivity index is 2.57. The molecule has 0 atom stereocenters.